The standard InChI is InChI=1S/C14H19F3N2O/c1-2-10-8-20-4-3-19(10)13(7-18)9-5-11(15)14(17)12(16)6-9/h5-6,10,13H,2-4,7-8,18H2,1H3. The first-order valence-corrected chi connectivity index (χ1v) is 6.76. The van der Waals surface area contributed by atoms with Crippen LogP contribution in [0.15, 0.2) is 12.1 Å². The summed E-state index contributed by atoms with van der Waals surface area (Å²) in [6.07, 6.45) is 0.850. The number of hydrogen-bond donors (Lipinski definition) is 1. The third-order valence-electron chi connectivity index (χ3n) is 3.76. The first-order chi connectivity index (χ1) is 9.58. The van der Waals surface area contributed by atoms with Gasteiger partial charge in [0.15, 0.2) is 17.5 Å². The molecule has 1 saturated heterocycles. The molecule has 0 aliphatic carbocycles. The van der Waals surface area contributed by atoms with Crippen molar-refractivity contribution >= 4 is 0 Å². The minimum atomic E-state index is -1.45. The van der Waals surface area contributed by atoms with E-state index in [1.807, 2.05) is 6.92 Å². The molecule has 1 fully saturated rings. The summed E-state index contributed by atoms with van der Waals surface area (Å²) in [6, 6.07) is 1.86. The van der Waals surface area contributed by atoms with Crippen LogP contribution in [0.5, 0.6) is 0 Å². The second-order valence-electron chi connectivity index (χ2n) is 4.92. The lowest BCUT2D eigenvalue weighted by atomic mass is 10.0. The van der Waals surface area contributed by atoms with Gasteiger partial charge in [0, 0.05) is 25.2 Å². The van der Waals surface area contributed by atoms with Crippen molar-refractivity contribution in [2.75, 3.05) is 26.3 Å². The highest BCUT2D eigenvalue weighted by molar-refractivity contribution is 5.23. The Morgan fingerprint density at radius 1 is 1.35 bits per heavy atom. The number of rotatable bonds is 4. The average molecular weight is 288 g/mol. The normalized spacial score (nSPS) is 21.9. The Kier molecular flexibility index (Phi) is 5.01. The summed E-state index contributed by atoms with van der Waals surface area (Å²) in [5, 5.41) is 0. The second-order valence-corrected chi connectivity index (χ2v) is 4.92. The molecule has 6 heteroatoms. The van der Waals surface area contributed by atoms with Crippen LogP contribution in [-0.2, 0) is 4.74 Å². The molecule has 3 nitrogen and oxygen atoms in total. The summed E-state index contributed by atoms with van der Waals surface area (Å²) >= 11 is 0. The van der Waals surface area contributed by atoms with E-state index in [0.717, 1.165) is 18.6 Å². The molecule has 1 heterocycles. The van der Waals surface area contributed by atoms with Crippen molar-refractivity contribution in [3.05, 3.63) is 35.1 Å². The van der Waals surface area contributed by atoms with Gasteiger partial charge in [0.05, 0.1) is 13.2 Å². The fourth-order valence-electron chi connectivity index (χ4n) is 2.66. The molecule has 0 spiro atoms. The minimum absolute atomic E-state index is 0.147. The smallest absolute Gasteiger partial charge is 0.194 e. The highest BCUT2D eigenvalue weighted by Crippen LogP contribution is 2.27. The van der Waals surface area contributed by atoms with Crippen molar-refractivity contribution < 1.29 is 17.9 Å². The Morgan fingerprint density at radius 3 is 2.55 bits per heavy atom. The molecule has 2 rings (SSSR count). The van der Waals surface area contributed by atoms with Crippen LogP contribution in [0.1, 0.15) is 24.9 Å². The first-order valence-electron chi connectivity index (χ1n) is 6.76. The van der Waals surface area contributed by atoms with Gasteiger partial charge in [-0.1, -0.05) is 6.92 Å². The maximum atomic E-state index is 13.4. The lowest BCUT2D eigenvalue weighted by Gasteiger charge is -2.40. The van der Waals surface area contributed by atoms with Crippen LogP contribution >= 0.6 is 0 Å². The van der Waals surface area contributed by atoms with E-state index in [9.17, 15) is 13.2 Å². The largest absolute Gasteiger partial charge is 0.378 e. The zero-order valence-electron chi connectivity index (χ0n) is 11.4. The van der Waals surface area contributed by atoms with Crippen LogP contribution in [-0.4, -0.2) is 37.2 Å². The van der Waals surface area contributed by atoms with Crippen molar-refractivity contribution in [2.45, 2.75) is 25.4 Å². The van der Waals surface area contributed by atoms with Crippen molar-refractivity contribution in [3.63, 3.8) is 0 Å². The van der Waals surface area contributed by atoms with E-state index in [2.05, 4.69) is 4.90 Å². The second kappa shape index (κ2) is 6.56. The summed E-state index contributed by atoms with van der Waals surface area (Å²) < 4.78 is 45.2. The van der Waals surface area contributed by atoms with E-state index in [4.69, 9.17) is 10.5 Å². The van der Waals surface area contributed by atoms with E-state index < -0.39 is 17.5 Å². The van der Waals surface area contributed by atoms with Gasteiger partial charge in [-0.2, -0.15) is 0 Å². The third-order valence-corrected chi connectivity index (χ3v) is 3.76. The van der Waals surface area contributed by atoms with Crippen molar-refractivity contribution in [1.82, 2.24) is 4.90 Å². The van der Waals surface area contributed by atoms with E-state index >= 15 is 0 Å². The Labute approximate surface area is 116 Å². The molecule has 2 N–H and O–H groups in total. The molecule has 2 unspecified atom stereocenters. The molecule has 112 valence electrons. The van der Waals surface area contributed by atoms with E-state index in [1.54, 1.807) is 0 Å². The monoisotopic (exact) mass is 288 g/mol. The zero-order chi connectivity index (χ0) is 14.7. The summed E-state index contributed by atoms with van der Waals surface area (Å²) in [7, 11) is 0. The SMILES string of the molecule is CCC1COCCN1C(CN)c1cc(F)c(F)c(F)c1. The summed E-state index contributed by atoms with van der Waals surface area (Å²) in [6.45, 7) is 3.99. The highest BCUT2D eigenvalue weighted by Gasteiger charge is 2.29. The van der Waals surface area contributed by atoms with Crippen LogP contribution in [0.4, 0.5) is 13.2 Å². The van der Waals surface area contributed by atoms with Crippen LogP contribution in [0.2, 0.25) is 0 Å². The molecule has 1 aromatic carbocycles. The fraction of sp³-hybridized carbons (Fsp3) is 0.571. The van der Waals surface area contributed by atoms with E-state index in [0.29, 0.717) is 25.3 Å². The molecule has 0 bridgehead atoms. The van der Waals surface area contributed by atoms with Gasteiger partial charge < -0.3 is 10.5 Å². The quantitative estimate of drug-likeness (QED) is 0.863. The van der Waals surface area contributed by atoms with E-state index in [-0.39, 0.29) is 18.6 Å². The van der Waals surface area contributed by atoms with Gasteiger partial charge in [-0.3, -0.25) is 4.90 Å². The van der Waals surface area contributed by atoms with Crippen molar-refractivity contribution in [1.29, 1.82) is 0 Å². The molecule has 1 aliphatic heterocycles. The number of morpholine rings is 1. The highest BCUT2D eigenvalue weighted by atomic mass is 19.2. The summed E-state index contributed by atoms with van der Waals surface area (Å²) in [4.78, 5) is 2.08. The molecule has 0 amide bonds. The van der Waals surface area contributed by atoms with E-state index in [1.165, 1.54) is 0 Å². The van der Waals surface area contributed by atoms with Crippen molar-refractivity contribution in [3.8, 4) is 0 Å². The number of ether oxygens (including phenoxy) is 1. The van der Waals surface area contributed by atoms with Crippen LogP contribution < -0.4 is 5.73 Å². The fourth-order valence-corrected chi connectivity index (χ4v) is 2.66. The number of halogens is 3. The molecule has 20 heavy (non-hydrogen) atoms. The van der Waals surface area contributed by atoms with Crippen LogP contribution in [0, 0.1) is 17.5 Å². The molecule has 1 aromatic rings. The number of nitrogens with two attached hydrogens (primary N) is 1. The predicted octanol–water partition coefficient (Wildman–Crippen LogP) is 2.21. The third kappa shape index (κ3) is 2.97. The molecular weight excluding hydrogens is 269 g/mol. The summed E-state index contributed by atoms with van der Waals surface area (Å²) in [5.41, 5.74) is 6.13. The maximum Gasteiger partial charge on any atom is 0.194 e. The average Bonchev–Trinajstić information content (AvgIpc) is 2.46. The van der Waals surface area contributed by atoms with Crippen LogP contribution in [0.3, 0.4) is 0 Å². The maximum absolute atomic E-state index is 13.4. The molecule has 0 saturated carbocycles. The van der Waals surface area contributed by atoms with Gasteiger partial charge in [0.2, 0.25) is 0 Å². The molecule has 0 radical (unpaired) electrons. The van der Waals surface area contributed by atoms with Gasteiger partial charge in [0.1, 0.15) is 0 Å². The van der Waals surface area contributed by atoms with Gasteiger partial charge in [-0.25, -0.2) is 13.2 Å². The van der Waals surface area contributed by atoms with Gasteiger partial charge >= 0.3 is 0 Å². The van der Waals surface area contributed by atoms with Crippen LogP contribution in [0.25, 0.3) is 0 Å². The first kappa shape index (κ1) is 15.3. The lowest BCUT2D eigenvalue weighted by molar-refractivity contribution is -0.0292. The zero-order valence-corrected chi connectivity index (χ0v) is 11.4. The summed E-state index contributed by atoms with van der Waals surface area (Å²) in [5.74, 6) is -3.81. The van der Waals surface area contributed by atoms with Crippen molar-refractivity contribution in [2.24, 2.45) is 5.73 Å². The van der Waals surface area contributed by atoms with Gasteiger partial charge in [0.25, 0.3) is 0 Å². The number of nitrogens with zero attached hydrogens (tertiary/aromatic N) is 1. The molecule has 0 aromatic heterocycles. The number of hydrogen-bond acceptors (Lipinski definition) is 3. The molecule has 1 aliphatic rings. The Balaban J connectivity index is 2.31. The van der Waals surface area contributed by atoms with Gasteiger partial charge in [-0.05, 0) is 24.1 Å². The Hall–Kier alpha value is -1.11. The van der Waals surface area contributed by atoms with Gasteiger partial charge in [-0.15, -0.1) is 0 Å². The Morgan fingerprint density at radius 2 is 2.00 bits per heavy atom. The molecular formula is C14H19F3N2O. The minimum Gasteiger partial charge on any atom is -0.378 e. The Bertz CT molecular complexity index is 447. The number of benzene rings is 1. The lowest BCUT2D eigenvalue weighted by Crippen LogP contribution is -2.48. The molecule has 2 atom stereocenters. The predicted molar refractivity (Wildman–Crippen MR) is 69.7 cm³/mol. The topological polar surface area (TPSA) is 38.5 Å².